The minimum absolute atomic E-state index is 0.194. The summed E-state index contributed by atoms with van der Waals surface area (Å²) in [4.78, 5) is 12.2. The monoisotopic (exact) mass is 311 g/mol. The van der Waals surface area contributed by atoms with Crippen LogP contribution in [0, 0.1) is 5.82 Å². The standard InChI is InChI=1S/C13H16FN4O2S/c1-19-12-15-11(16-13(17-12)20-2)8-21(3)18-10-7-5-4-6-9(10)14/h4-7,18H,8H2,1-3H3/q+1. The van der Waals surface area contributed by atoms with E-state index in [1.807, 2.05) is 6.26 Å². The first-order chi connectivity index (χ1) is 10.1. The molecule has 1 unspecified atom stereocenters. The van der Waals surface area contributed by atoms with Gasteiger partial charge >= 0.3 is 12.0 Å². The van der Waals surface area contributed by atoms with E-state index < -0.39 is 0 Å². The molecule has 0 aliphatic rings. The highest BCUT2D eigenvalue weighted by Crippen LogP contribution is 2.17. The molecule has 1 atom stereocenters. The van der Waals surface area contributed by atoms with E-state index in [9.17, 15) is 4.39 Å². The van der Waals surface area contributed by atoms with Crippen LogP contribution in [0.2, 0.25) is 0 Å². The lowest BCUT2D eigenvalue weighted by Crippen LogP contribution is -2.17. The third-order valence-corrected chi connectivity index (χ3v) is 3.77. The molecule has 0 spiro atoms. The molecule has 112 valence electrons. The van der Waals surface area contributed by atoms with Crippen LogP contribution in [0.5, 0.6) is 12.0 Å². The van der Waals surface area contributed by atoms with Crippen molar-refractivity contribution in [3.63, 3.8) is 0 Å². The first-order valence-corrected chi connectivity index (χ1v) is 7.89. The van der Waals surface area contributed by atoms with Gasteiger partial charge in [-0.25, -0.2) is 9.11 Å². The van der Waals surface area contributed by atoms with Gasteiger partial charge in [-0.05, 0) is 12.1 Å². The molecule has 6 nitrogen and oxygen atoms in total. The fraction of sp³-hybridized carbons (Fsp3) is 0.308. The lowest BCUT2D eigenvalue weighted by atomic mass is 10.3. The van der Waals surface area contributed by atoms with Gasteiger partial charge in [0.25, 0.3) is 0 Å². The molecule has 1 N–H and O–H groups in total. The Morgan fingerprint density at radius 2 is 1.71 bits per heavy atom. The van der Waals surface area contributed by atoms with Gasteiger partial charge in [-0.1, -0.05) is 12.1 Å². The topological polar surface area (TPSA) is 69.2 Å². The van der Waals surface area contributed by atoms with Gasteiger partial charge in [-0.2, -0.15) is 9.97 Å². The Morgan fingerprint density at radius 3 is 2.29 bits per heavy atom. The molecule has 21 heavy (non-hydrogen) atoms. The first kappa shape index (κ1) is 15.3. The number of halogens is 1. The number of nitrogens with one attached hydrogen (secondary N) is 1. The van der Waals surface area contributed by atoms with Crippen LogP contribution < -0.4 is 14.2 Å². The van der Waals surface area contributed by atoms with Gasteiger partial charge in [-0.3, -0.25) is 0 Å². The number of ether oxygens (including phenoxy) is 2. The quantitative estimate of drug-likeness (QED) is 0.821. The largest absolute Gasteiger partial charge is 0.467 e. The molecule has 0 bridgehead atoms. The van der Waals surface area contributed by atoms with Crippen LogP contribution in [0.4, 0.5) is 10.1 Å². The Morgan fingerprint density at radius 1 is 1.10 bits per heavy atom. The zero-order valence-electron chi connectivity index (χ0n) is 12.0. The predicted octanol–water partition coefficient (Wildman–Crippen LogP) is 1.80. The van der Waals surface area contributed by atoms with E-state index >= 15 is 0 Å². The van der Waals surface area contributed by atoms with Crippen LogP contribution in [-0.4, -0.2) is 35.4 Å². The summed E-state index contributed by atoms with van der Waals surface area (Å²) in [6.45, 7) is 0. The number of nitrogens with zero attached hydrogens (tertiary/aromatic N) is 3. The van der Waals surface area contributed by atoms with Crippen molar-refractivity contribution in [2.75, 3.05) is 25.2 Å². The molecule has 1 aromatic heterocycles. The van der Waals surface area contributed by atoms with Gasteiger partial charge in [0.2, 0.25) is 0 Å². The molecule has 8 heteroatoms. The first-order valence-electron chi connectivity index (χ1n) is 6.09. The minimum atomic E-state index is -0.357. The summed E-state index contributed by atoms with van der Waals surface area (Å²) in [6, 6.07) is 6.91. The van der Waals surface area contributed by atoms with E-state index in [2.05, 4.69) is 19.7 Å². The fourth-order valence-electron chi connectivity index (χ4n) is 1.59. The van der Waals surface area contributed by atoms with Crippen molar-refractivity contribution in [1.29, 1.82) is 0 Å². The van der Waals surface area contributed by atoms with Crippen molar-refractivity contribution in [2.45, 2.75) is 5.75 Å². The van der Waals surface area contributed by atoms with Crippen LogP contribution >= 0.6 is 0 Å². The molecule has 1 heterocycles. The highest BCUT2D eigenvalue weighted by atomic mass is 32.2. The average molecular weight is 311 g/mol. The SMILES string of the molecule is COc1nc(C[S+](C)Nc2ccccc2F)nc(OC)n1. The van der Waals surface area contributed by atoms with E-state index in [1.165, 1.54) is 20.3 Å². The van der Waals surface area contributed by atoms with Gasteiger partial charge in [-0.15, -0.1) is 4.98 Å². The van der Waals surface area contributed by atoms with E-state index in [0.717, 1.165) is 0 Å². The Hall–Kier alpha value is -2.09. The maximum absolute atomic E-state index is 13.6. The highest BCUT2D eigenvalue weighted by Gasteiger charge is 2.19. The van der Waals surface area contributed by atoms with Crippen molar-refractivity contribution >= 4 is 16.8 Å². The number of anilines is 1. The number of aromatic nitrogens is 3. The normalized spacial score (nSPS) is 11.8. The van der Waals surface area contributed by atoms with Crippen LogP contribution in [-0.2, 0) is 16.8 Å². The molecule has 0 aliphatic heterocycles. The van der Waals surface area contributed by atoms with E-state index in [4.69, 9.17) is 9.47 Å². The number of hydrogen-bond acceptors (Lipinski definition) is 6. The fourth-order valence-corrected chi connectivity index (χ4v) is 2.72. The maximum atomic E-state index is 13.6. The highest BCUT2D eigenvalue weighted by molar-refractivity contribution is 7.96. The Balaban J connectivity index is 2.09. The summed E-state index contributed by atoms with van der Waals surface area (Å²) >= 11 is -0.357. The molecule has 0 saturated heterocycles. The zero-order chi connectivity index (χ0) is 15.2. The molecular formula is C13H16FN4O2S+. The van der Waals surface area contributed by atoms with Gasteiger partial charge < -0.3 is 9.47 Å². The van der Waals surface area contributed by atoms with Gasteiger partial charge in [0.15, 0.2) is 17.4 Å². The summed E-state index contributed by atoms with van der Waals surface area (Å²) in [7, 11) is 2.95. The van der Waals surface area contributed by atoms with Crippen LogP contribution in [0.1, 0.15) is 5.82 Å². The van der Waals surface area contributed by atoms with Crippen LogP contribution in [0.15, 0.2) is 24.3 Å². The second kappa shape index (κ2) is 7.07. The molecule has 2 aromatic rings. The van der Waals surface area contributed by atoms with E-state index in [-0.39, 0.29) is 28.9 Å². The van der Waals surface area contributed by atoms with Crippen LogP contribution in [0.25, 0.3) is 0 Å². The lowest BCUT2D eigenvalue weighted by Gasteiger charge is -2.07. The number of hydrogen-bond donors (Lipinski definition) is 1. The number of methoxy groups -OCH3 is 2. The van der Waals surface area contributed by atoms with Crippen molar-refractivity contribution in [1.82, 2.24) is 15.0 Å². The van der Waals surface area contributed by atoms with Gasteiger partial charge in [0.1, 0.15) is 23.0 Å². The third-order valence-electron chi connectivity index (χ3n) is 2.51. The number of benzene rings is 1. The summed E-state index contributed by atoms with van der Waals surface area (Å²) in [6.07, 6.45) is 1.94. The predicted molar refractivity (Wildman–Crippen MR) is 79.9 cm³/mol. The number of rotatable bonds is 6. The van der Waals surface area contributed by atoms with Crippen LogP contribution in [0.3, 0.4) is 0 Å². The summed E-state index contributed by atoms with van der Waals surface area (Å²) in [5.74, 6) is 0.736. The van der Waals surface area contributed by atoms with Crippen molar-refractivity contribution < 1.29 is 13.9 Å². The summed E-state index contributed by atoms with van der Waals surface area (Å²) in [5, 5.41) is 0. The van der Waals surface area contributed by atoms with Crippen molar-refractivity contribution in [3.8, 4) is 12.0 Å². The summed E-state index contributed by atoms with van der Waals surface area (Å²) < 4.78 is 26.7. The Kier molecular flexibility index (Phi) is 5.15. The molecule has 0 saturated carbocycles. The van der Waals surface area contributed by atoms with E-state index in [0.29, 0.717) is 17.3 Å². The maximum Gasteiger partial charge on any atom is 0.322 e. The Labute approximate surface area is 125 Å². The molecule has 1 aromatic carbocycles. The third kappa shape index (κ3) is 4.19. The van der Waals surface area contributed by atoms with Crippen molar-refractivity contribution in [3.05, 3.63) is 35.9 Å². The van der Waals surface area contributed by atoms with Crippen molar-refractivity contribution in [2.24, 2.45) is 0 Å². The molecular weight excluding hydrogens is 295 g/mol. The molecule has 2 rings (SSSR count). The summed E-state index contributed by atoms with van der Waals surface area (Å²) in [5.41, 5.74) is 0.455. The molecule has 0 aliphatic carbocycles. The van der Waals surface area contributed by atoms with Gasteiger partial charge in [0.05, 0.1) is 14.2 Å². The minimum Gasteiger partial charge on any atom is -0.467 e. The molecule has 0 amide bonds. The zero-order valence-corrected chi connectivity index (χ0v) is 12.8. The lowest BCUT2D eigenvalue weighted by molar-refractivity contribution is 0.337. The smallest absolute Gasteiger partial charge is 0.322 e. The molecule has 0 radical (unpaired) electrons. The second-order valence-electron chi connectivity index (χ2n) is 4.09. The Bertz CT molecular complexity index is 592. The molecule has 0 fully saturated rings. The average Bonchev–Trinajstić information content (AvgIpc) is 2.49. The second-order valence-corrected chi connectivity index (χ2v) is 5.86. The van der Waals surface area contributed by atoms with Gasteiger partial charge in [0, 0.05) is 0 Å². The number of para-hydroxylation sites is 1. The van der Waals surface area contributed by atoms with E-state index in [1.54, 1.807) is 18.2 Å².